The molecular formula is C13H14FN3O2. The molecule has 1 N–H and O–H groups in total. The van der Waals surface area contributed by atoms with Gasteiger partial charge < -0.3 is 10.0 Å². The normalized spacial score (nSPS) is 10.5. The molecule has 1 heterocycles. The van der Waals surface area contributed by atoms with Crippen molar-refractivity contribution in [3.05, 3.63) is 47.5 Å². The molecule has 0 unspecified atom stereocenters. The van der Waals surface area contributed by atoms with E-state index >= 15 is 0 Å². The number of hydrogen-bond acceptors (Lipinski definition) is 3. The fourth-order valence-electron chi connectivity index (χ4n) is 1.86. The lowest BCUT2D eigenvalue weighted by atomic mass is 10.2. The van der Waals surface area contributed by atoms with Crippen LogP contribution in [0.5, 0.6) is 0 Å². The van der Waals surface area contributed by atoms with Crippen LogP contribution in [0.1, 0.15) is 16.1 Å². The number of rotatable bonds is 4. The lowest BCUT2D eigenvalue weighted by Gasteiger charge is -2.19. The fourth-order valence-corrected chi connectivity index (χ4v) is 1.86. The lowest BCUT2D eigenvalue weighted by molar-refractivity contribution is 0.0695. The summed E-state index contributed by atoms with van der Waals surface area (Å²) in [7, 11) is 3.45. The zero-order valence-electron chi connectivity index (χ0n) is 10.7. The molecule has 6 heteroatoms. The summed E-state index contributed by atoms with van der Waals surface area (Å²) in [6.07, 6.45) is 1.32. The maximum absolute atomic E-state index is 13.2. The first kappa shape index (κ1) is 13.1. The number of carbonyl (C=O) groups is 1. The quantitative estimate of drug-likeness (QED) is 0.915. The van der Waals surface area contributed by atoms with Crippen LogP contribution in [0.4, 0.5) is 10.1 Å². The van der Waals surface area contributed by atoms with Gasteiger partial charge in [0.05, 0.1) is 18.4 Å². The van der Waals surface area contributed by atoms with Crippen LogP contribution >= 0.6 is 0 Å². The van der Waals surface area contributed by atoms with Crippen molar-refractivity contribution in [2.45, 2.75) is 6.54 Å². The molecule has 1 aromatic heterocycles. The summed E-state index contributed by atoms with van der Waals surface area (Å²) < 4.78 is 14.7. The summed E-state index contributed by atoms with van der Waals surface area (Å²) in [6.45, 7) is 0.335. The predicted molar refractivity (Wildman–Crippen MR) is 68.7 cm³/mol. The van der Waals surface area contributed by atoms with Crippen LogP contribution in [-0.4, -0.2) is 27.9 Å². The van der Waals surface area contributed by atoms with E-state index in [0.29, 0.717) is 17.9 Å². The van der Waals surface area contributed by atoms with Gasteiger partial charge in [-0.2, -0.15) is 5.10 Å². The first-order valence-corrected chi connectivity index (χ1v) is 5.70. The number of aryl methyl sites for hydroxylation is 1. The second-order valence-corrected chi connectivity index (χ2v) is 4.27. The molecule has 0 saturated heterocycles. The molecule has 0 spiro atoms. The minimum atomic E-state index is -1.02. The van der Waals surface area contributed by atoms with Crippen molar-refractivity contribution < 1.29 is 14.3 Å². The monoisotopic (exact) mass is 263 g/mol. The first-order valence-electron chi connectivity index (χ1n) is 5.70. The van der Waals surface area contributed by atoms with E-state index in [1.165, 1.54) is 23.0 Å². The molecule has 0 radical (unpaired) electrons. The number of nitrogens with zero attached hydrogens (tertiary/aromatic N) is 3. The Bertz CT molecular complexity index is 610. The Hall–Kier alpha value is -2.37. The summed E-state index contributed by atoms with van der Waals surface area (Å²) in [5.74, 6) is -1.34. The molecule has 0 fully saturated rings. The van der Waals surface area contributed by atoms with Gasteiger partial charge in [-0.25, -0.2) is 9.18 Å². The average molecular weight is 263 g/mol. The molecule has 2 aromatic rings. The van der Waals surface area contributed by atoms with Crippen LogP contribution in [0.15, 0.2) is 30.5 Å². The van der Waals surface area contributed by atoms with Crippen LogP contribution in [0, 0.1) is 5.82 Å². The maximum Gasteiger partial charge on any atom is 0.339 e. The van der Waals surface area contributed by atoms with Crippen LogP contribution in [0.25, 0.3) is 0 Å². The highest BCUT2D eigenvalue weighted by molar-refractivity contribution is 5.88. The summed E-state index contributed by atoms with van der Waals surface area (Å²) in [5, 5.41) is 13.0. The van der Waals surface area contributed by atoms with Crippen molar-refractivity contribution in [2.24, 2.45) is 7.05 Å². The molecule has 0 aliphatic heterocycles. The number of aromatic carboxylic acids is 1. The molecule has 0 saturated carbocycles. The largest absolute Gasteiger partial charge is 0.478 e. The molecule has 0 aliphatic rings. The highest BCUT2D eigenvalue weighted by Crippen LogP contribution is 2.18. The van der Waals surface area contributed by atoms with Crippen molar-refractivity contribution in [3.8, 4) is 0 Å². The number of carboxylic acid groups (broad SMARTS) is 1. The van der Waals surface area contributed by atoms with Gasteiger partial charge in [-0.3, -0.25) is 4.68 Å². The highest BCUT2D eigenvalue weighted by atomic mass is 19.1. The second kappa shape index (κ2) is 5.09. The van der Waals surface area contributed by atoms with E-state index in [2.05, 4.69) is 5.10 Å². The lowest BCUT2D eigenvalue weighted by Crippen LogP contribution is -2.20. The molecule has 5 nitrogen and oxygen atoms in total. The smallest absolute Gasteiger partial charge is 0.339 e. The van der Waals surface area contributed by atoms with E-state index in [-0.39, 0.29) is 11.4 Å². The molecule has 0 bridgehead atoms. The molecular weight excluding hydrogens is 249 g/mol. The third-order valence-electron chi connectivity index (χ3n) is 2.93. The Labute approximate surface area is 109 Å². The standard InChI is InChI=1S/C13H14FN3O2/c1-16(10-5-3-4-9(14)6-10)8-12-11(13(18)19)7-15-17(12)2/h3-7H,8H2,1-2H3,(H,18,19). The van der Waals surface area contributed by atoms with Gasteiger partial charge in [0, 0.05) is 19.8 Å². The van der Waals surface area contributed by atoms with E-state index in [9.17, 15) is 9.18 Å². The van der Waals surface area contributed by atoms with Gasteiger partial charge in [0.25, 0.3) is 0 Å². The fraction of sp³-hybridized carbons (Fsp3) is 0.231. The van der Waals surface area contributed by atoms with Gasteiger partial charge in [0.1, 0.15) is 11.4 Å². The highest BCUT2D eigenvalue weighted by Gasteiger charge is 2.16. The van der Waals surface area contributed by atoms with Gasteiger partial charge in [0.15, 0.2) is 0 Å². The third-order valence-corrected chi connectivity index (χ3v) is 2.93. The maximum atomic E-state index is 13.2. The SMILES string of the molecule is CN(Cc1c(C(=O)O)cnn1C)c1cccc(F)c1. The van der Waals surface area contributed by atoms with Gasteiger partial charge in [-0.15, -0.1) is 0 Å². The number of aromatic nitrogens is 2. The molecule has 0 amide bonds. The number of anilines is 1. The first-order chi connectivity index (χ1) is 8.99. The Morgan fingerprint density at radius 3 is 2.89 bits per heavy atom. The zero-order valence-corrected chi connectivity index (χ0v) is 10.7. The minimum Gasteiger partial charge on any atom is -0.478 e. The predicted octanol–water partition coefficient (Wildman–Crippen LogP) is 1.89. The number of halogens is 1. The van der Waals surface area contributed by atoms with E-state index in [4.69, 9.17) is 5.11 Å². The summed E-state index contributed by atoms with van der Waals surface area (Å²) in [5.41, 5.74) is 1.41. The summed E-state index contributed by atoms with van der Waals surface area (Å²) >= 11 is 0. The van der Waals surface area contributed by atoms with Crippen LogP contribution in [0.2, 0.25) is 0 Å². The van der Waals surface area contributed by atoms with Crippen molar-refractivity contribution in [2.75, 3.05) is 11.9 Å². The number of benzene rings is 1. The Balaban J connectivity index is 2.26. The van der Waals surface area contributed by atoms with Crippen molar-refractivity contribution in [3.63, 3.8) is 0 Å². The van der Waals surface area contributed by atoms with E-state index < -0.39 is 5.97 Å². The van der Waals surface area contributed by atoms with Crippen molar-refractivity contribution in [1.82, 2.24) is 9.78 Å². The van der Waals surface area contributed by atoms with E-state index in [0.717, 1.165) is 0 Å². The van der Waals surface area contributed by atoms with Crippen LogP contribution in [-0.2, 0) is 13.6 Å². The molecule has 19 heavy (non-hydrogen) atoms. The minimum absolute atomic E-state index is 0.158. The Morgan fingerprint density at radius 1 is 1.53 bits per heavy atom. The van der Waals surface area contributed by atoms with Gasteiger partial charge >= 0.3 is 5.97 Å². The average Bonchev–Trinajstić information content (AvgIpc) is 2.71. The van der Waals surface area contributed by atoms with Crippen LogP contribution < -0.4 is 4.90 Å². The van der Waals surface area contributed by atoms with Crippen LogP contribution in [0.3, 0.4) is 0 Å². The molecule has 100 valence electrons. The Kier molecular flexibility index (Phi) is 3.50. The summed E-state index contributed by atoms with van der Waals surface area (Å²) in [4.78, 5) is 12.8. The van der Waals surface area contributed by atoms with Gasteiger partial charge in [0.2, 0.25) is 0 Å². The van der Waals surface area contributed by atoms with Gasteiger partial charge in [-0.1, -0.05) is 6.07 Å². The Morgan fingerprint density at radius 2 is 2.26 bits per heavy atom. The third kappa shape index (κ3) is 2.73. The van der Waals surface area contributed by atoms with Crippen molar-refractivity contribution in [1.29, 1.82) is 0 Å². The van der Waals surface area contributed by atoms with E-state index in [1.54, 1.807) is 31.1 Å². The topological polar surface area (TPSA) is 58.4 Å². The van der Waals surface area contributed by atoms with Gasteiger partial charge in [-0.05, 0) is 18.2 Å². The second-order valence-electron chi connectivity index (χ2n) is 4.27. The summed E-state index contributed by atoms with van der Waals surface area (Å²) in [6, 6.07) is 6.14. The number of carboxylic acids is 1. The molecule has 0 atom stereocenters. The van der Waals surface area contributed by atoms with E-state index in [1.807, 2.05) is 0 Å². The molecule has 1 aromatic carbocycles. The molecule has 2 rings (SSSR count). The zero-order chi connectivity index (χ0) is 14.0. The molecule has 0 aliphatic carbocycles. The number of hydrogen-bond donors (Lipinski definition) is 1. The van der Waals surface area contributed by atoms with Crippen molar-refractivity contribution >= 4 is 11.7 Å².